The Morgan fingerprint density at radius 3 is 2.39 bits per heavy atom. The van der Waals surface area contributed by atoms with Crippen LogP contribution in [-0.4, -0.2) is 25.7 Å². The summed E-state index contributed by atoms with van der Waals surface area (Å²) in [6.45, 7) is 7.05. The first-order valence-corrected chi connectivity index (χ1v) is 8.73. The summed E-state index contributed by atoms with van der Waals surface area (Å²) in [6, 6.07) is 7.41. The number of ether oxygens (including phenoxy) is 2. The van der Waals surface area contributed by atoms with Crippen LogP contribution in [0.4, 0.5) is 0 Å². The second-order valence-corrected chi connectivity index (χ2v) is 5.83. The van der Waals surface area contributed by atoms with Crippen LogP contribution < -0.4 is 14.8 Å². The zero-order valence-corrected chi connectivity index (χ0v) is 14.9. The molecule has 1 aromatic rings. The first-order valence-electron chi connectivity index (χ1n) is 8.73. The summed E-state index contributed by atoms with van der Waals surface area (Å²) in [5.74, 6) is 1.75. The van der Waals surface area contributed by atoms with Crippen LogP contribution in [-0.2, 0) is 4.79 Å². The van der Waals surface area contributed by atoms with Crippen molar-refractivity contribution in [3.63, 3.8) is 0 Å². The van der Waals surface area contributed by atoms with E-state index in [1.165, 1.54) is 12.8 Å². The Hall–Kier alpha value is -1.71. The summed E-state index contributed by atoms with van der Waals surface area (Å²) in [6.07, 6.45) is 4.79. The lowest BCUT2D eigenvalue weighted by Crippen LogP contribution is -2.40. The van der Waals surface area contributed by atoms with Gasteiger partial charge in [-0.05, 0) is 30.9 Å². The molecule has 0 unspecified atom stereocenters. The van der Waals surface area contributed by atoms with E-state index in [1.54, 1.807) is 7.11 Å². The Labute approximate surface area is 140 Å². The van der Waals surface area contributed by atoms with Crippen molar-refractivity contribution >= 4 is 5.91 Å². The molecule has 1 aromatic carbocycles. The number of unbranched alkanes of at least 4 members (excludes halogenated alkanes) is 1. The number of rotatable bonds is 11. The molecule has 4 nitrogen and oxygen atoms in total. The van der Waals surface area contributed by atoms with Crippen LogP contribution in [0.1, 0.15) is 52.9 Å². The van der Waals surface area contributed by atoms with Gasteiger partial charge >= 0.3 is 0 Å². The number of nitrogens with one attached hydrogen (secondary N) is 1. The van der Waals surface area contributed by atoms with Gasteiger partial charge in [0.25, 0.3) is 5.91 Å². The second-order valence-electron chi connectivity index (χ2n) is 5.83. The molecule has 0 spiro atoms. The number of carbonyl (C=O) groups is 1. The van der Waals surface area contributed by atoms with Crippen LogP contribution in [0, 0.1) is 5.92 Å². The molecular weight excluding hydrogens is 290 g/mol. The maximum absolute atomic E-state index is 12.4. The fourth-order valence-corrected chi connectivity index (χ4v) is 2.49. The lowest BCUT2D eigenvalue weighted by molar-refractivity contribution is -0.128. The summed E-state index contributed by atoms with van der Waals surface area (Å²) in [4.78, 5) is 12.4. The van der Waals surface area contributed by atoms with Crippen LogP contribution in [0.25, 0.3) is 0 Å². The number of para-hydroxylation sites is 2. The molecule has 0 aliphatic rings. The SMILES string of the molecule is CCCC[C@H](CC)CNC(=O)[C@@H](CC)Oc1ccccc1OC. The first kappa shape index (κ1) is 19.3. The number of amides is 1. The Bertz CT molecular complexity index is 462. The van der Waals surface area contributed by atoms with Gasteiger partial charge in [-0.25, -0.2) is 0 Å². The van der Waals surface area contributed by atoms with Gasteiger partial charge in [-0.1, -0.05) is 52.2 Å². The normalized spacial score (nSPS) is 13.2. The zero-order chi connectivity index (χ0) is 17.1. The minimum absolute atomic E-state index is 0.0478. The van der Waals surface area contributed by atoms with Gasteiger partial charge in [0.2, 0.25) is 0 Å². The van der Waals surface area contributed by atoms with Crippen LogP contribution in [0.15, 0.2) is 24.3 Å². The molecule has 0 bridgehead atoms. The molecule has 1 N–H and O–H groups in total. The highest BCUT2D eigenvalue weighted by molar-refractivity contribution is 5.81. The highest BCUT2D eigenvalue weighted by Gasteiger charge is 2.20. The molecule has 0 aliphatic heterocycles. The molecule has 0 saturated heterocycles. The average molecular weight is 321 g/mol. The third-order valence-corrected chi connectivity index (χ3v) is 4.11. The van der Waals surface area contributed by atoms with Gasteiger partial charge in [0, 0.05) is 6.54 Å². The number of carbonyl (C=O) groups excluding carboxylic acids is 1. The smallest absolute Gasteiger partial charge is 0.261 e. The predicted octanol–water partition coefficient (Wildman–Crippen LogP) is 4.19. The molecule has 23 heavy (non-hydrogen) atoms. The molecule has 0 radical (unpaired) electrons. The van der Waals surface area contributed by atoms with Crippen LogP contribution in [0.3, 0.4) is 0 Å². The molecule has 0 aliphatic carbocycles. The topological polar surface area (TPSA) is 47.6 Å². The lowest BCUT2D eigenvalue weighted by atomic mass is 9.99. The lowest BCUT2D eigenvalue weighted by Gasteiger charge is -2.21. The van der Waals surface area contributed by atoms with Crippen molar-refractivity contribution in [3.8, 4) is 11.5 Å². The van der Waals surface area contributed by atoms with Crippen molar-refractivity contribution in [1.82, 2.24) is 5.32 Å². The molecule has 0 saturated carbocycles. The Balaban J connectivity index is 2.57. The minimum Gasteiger partial charge on any atom is -0.493 e. The van der Waals surface area contributed by atoms with Crippen molar-refractivity contribution < 1.29 is 14.3 Å². The Kier molecular flexibility index (Phi) is 9.18. The molecule has 0 heterocycles. The van der Waals surface area contributed by atoms with Gasteiger partial charge in [-0.15, -0.1) is 0 Å². The van der Waals surface area contributed by atoms with Gasteiger partial charge in [0.05, 0.1) is 7.11 Å². The predicted molar refractivity (Wildman–Crippen MR) is 94.0 cm³/mol. The number of hydrogen-bond donors (Lipinski definition) is 1. The van der Waals surface area contributed by atoms with E-state index in [4.69, 9.17) is 9.47 Å². The molecule has 4 heteroatoms. The van der Waals surface area contributed by atoms with Gasteiger partial charge in [-0.3, -0.25) is 4.79 Å². The maximum Gasteiger partial charge on any atom is 0.261 e. The van der Waals surface area contributed by atoms with E-state index < -0.39 is 6.10 Å². The third kappa shape index (κ3) is 6.51. The monoisotopic (exact) mass is 321 g/mol. The van der Waals surface area contributed by atoms with E-state index in [1.807, 2.05) is 31.2 Å². The molecule has 1 amide bonds. The molecule has 1 rings (SSSR count). The van der Waals surface area contributed by atoms with Crippen LogP contribution in [0.5, 0.6) is 11.5 Å². The summed E-state index contributed by atoms with van der Waals surface area (Å²) in [5, 5.41) is 3.05. The molecular formula is C19H31NO3. The van der Waals surface area contributed by atoms with Crippen molar-refractivity contribution in [3.05, 3.63) is 24.3 Å². The molecule has 2 atom stereocenters. The molecule has 0 fully saturated rings. The fraction of sp³-hybridized carbons (Fsp3) is 0.632. The summed E-state index contributed by atoms with van der Waals surface area (Å²) < 4.78 is 11.1. The number of hydrogen-bond acceptors (Lipinski definition) is 3. The second kappa shape index (κ2) is 10.9. The van der Waals surface area contributed by atoms with Crippen LogP contribution in [0.2, 0.25) is 0 Å². The maximum atomic E-state index is 12.4. The molecule has 0 aromatic heterocycles. The summed E-state index contributed by atoms with van der Waals surface area (Å²) in [7, 11) is 1.60. The van der Waals surface area contributed by atoms with Crippen LogP contribution >= 0.6 is 0 Å². The van der Waals surface area contributed by atoms with E-state index in [9.17, 15) is 4.79 Å². The van der Waals surface area contributed by atoms with E-state index in [0.29, 0.717) is 23.8 Å². The van der Waals surface area contributed by atoms with Crippen molar-refractivity contribution in [2.45, 2.75) is 59.0 Å². The van der Waals surface area contributed by atoms with E-state index in [2.05, 4.69) is 19.2 Å². The number of benzene rings is 1. The fourth-order valence-electron chi connectivity index (χ4n) is 2.49. The van der Waals surface area contributed by atoms with Gasteiger partial charge in [-0.2, -0.15) is 0 Å². The quantitative estimate of drug-likeness (QED) is 0.665. The highest BCUT2D eigenvalue weighted by Crippen LogP contribution is 2.27. The van der Waals surface area contributed by atoms with Gasteiger partial charge < -0.3 is 14.8 Å². The summed E-state index contributed by atoms with van der Waals surface area (Å²) >= 11 is 0. The van der Waals surface area contributed by atoms with Gasteiger partial charge in [0.1, 0.15) is 0 Å². The average Bonchev–Trinajstić information content (AvgIpc) is 2.59. The van der Waals surface area contributed by atoms with Crippen molar-refractivity contribution in [2.75, 3.05) is 13.7 Å². The zero-order valence-electron chi connectivity index (χ0n) is 14.9. The Morgan fingerprint density at radius 2 is 1.83 bits per heavy atom. The van der Waals surface area contributed by atoms with Crippen molar-refractivity contribution in [2.24, 2.45) is 5.92 Å². The Morgan fingerprint density at radius 1 is 1.13 bits per heavy atom. The summed E-state index contributed by atoms with van der Waals surface area (Å²) in [5.41, 5.74) is 0. The minimum atomic E-state index is -0.491. The highest BCUT2D eigenvalue weighted by atomic mass is 16.5. The van der Waals surface area contributed by atoms with E-state index in [0.717, 1.165) is 19.4 Å². The largest absolute Gasteiger partial charge is 0.493 e. The number of methoxy groups -OCH3 is 1. The van der Waals surface area contributed by atoms with Gasteiger partial charge in [0.15, 0.2) is 17.6 Å². The van der Waals surface area contributed by atoms with Crippen molar-refractivity contribution in [1.29, 1.82) is 0 Å². The third-order valence-electron chi connectivity index (χ3n) is 4.11. The van der Waals surface area contributed by atoms with E-state index in [-0.39, 0.29) is 5.91 Å². The molecule has 130 valence electrons. The first-order chi connectivity index (χ1) is 11.2. The van der Waals surface area contributed by atoms with E-state index >= 15 is 0 Å². The standard InChI is InChI=1S/C19H31NO3/c1-5-8-11-15(6-2)14-20-19(21)16(7-3)23-18-13-10-9-12-17(18)22-4/h9-10,12-13,15-16H,5-8,11,14H2,1-4H3,(H,20,21)/t15-,16+/m0/s1.